The Balaban J connectivity index is 2.62. The Bertz CT molecular complexity index is 392. The number of anilines is 1. The molecule has 1 aliphatic rings. The number of nitrogens with one attached hydrogen (secondary N) is 1. The molecule has 0 unspecified atom stereocenters. The summed E-state index contributed by atoms with van der Waals surface area (Å²) < 4.78 is 1.50. The topological polar surface area (TPSA) is 99.0 Å². The van der Waals surface area contributed by atoms with Gasteiger partial charge in [0.2, 0.25) is 0 Å². The molecule has 68 valence electrons. The summed E-state index contributed by atoms with van der Waals surface area (Å²) in [4.78, 5) is 14.9. The van der Waals surface area contributed by atoms with Crippen molar-refractivity contribution in [3.8, 4) is 0 Å². The number of carbonyl (C=O) groups is 1. The number of hydrogen-bond acceptors (Lipinski definition) is 4. The van der Waals surface area contributed by atoms with Crippen molar-refractivity contribution in [3.05, 3.63) is 17.6 Å². The Morgan fingerprint density at radius 3 is 3.15 bits per heavy atom. The zero-order valence-corrected chi connectivity index (χ0v) is 6.82. The molecule has 2 heterocycles. The van der Waals surface area contributed by atoms with Gasteiger partial charge in [0, 0.05) is 6.54 Å². The lowest BCUT2D eigenvalue weighted by atomic mass is 10.4. The summed E-state index contributed by atoms with van der Waals surface area (Å²) in [6.45, 7) is 0.628. The fourth-order valence-corrected chi connectivity index (χ4v) is 1.27. The molecule has 2 rings (SSSR count). The second kappa shape index (κ2) is 2.51. The van der Waals surface area contributed by atoms with E-state index in [9.17, 15) is 4.79 Å². The van der Waals surface area contributed by atoms with Crippen LogP contribution in [0.1, 0.15) is 16.3 Å². The summed E-state index contributed by atoms with van der Waals surface area (Å²) in [7, 11) is 0. The number of imidazole rings is 1. The maximum absolute atomic E-state index is 11.0. The van der Waals surface area contributed by atoms with Gasteiger partial charge in [0.25, 0.3) is 5.91 Å². The van der Waals surface area contributed by atoms with Crippen molar-refractivity contribution < 1.29 is 4.79 Å². The van der Waals surface area contributed by atoms with E-state index in [1.165, 1.54) is 4.68 Å². The number of carbonyl (C=O) groups excluding carboxylic acids is 1. The minimum Gasteiger partial charge on any atom is -0.382 e. The van der Waals surface area contributed by atoms with Gasteiger partial charge in [0.05, 0.1) is 0 Å². The van der Waals surface area contributed by atoms with Crippen LogP contribution in [0.15, 0.2) is 6.08 Å². The summed E-state index contributed by atoms with van der Waals surface area (Å²) >= 11 is 0. The Kier molecular flexibility index (Phi) is 1.48. The first-order valence-electron chi connectivity index (χ1n) is 3.78. The molecule has 0 fully saturated rings. The van der Waals surface area contributed by atoms with Crippen LogP contribution >= 0.6 is 0 Å². The van der Waals surface area contributed by atoms with Crippen LogP contribution in [0, 0.1) is 0 Å². The Morgan fingerprint density at radius 1 is 1.69 bits per heavy atom. The fourth-order valence-electron chi connectivity index (χ4n) is 1.27. The summed E-state index contributed by atoms with van der Waals surface area (Å²) in [5, 5.41) is 0. The van der Waals surface area contributed by atoms with Crippen molar-refractivity contribution in [2.24, 2.45) is 5.73 Å². The number of fused-ring (bicyclic) bond motifs is 1. The lowest BCUT2D eigenvalue weighted by molar-refractivity contribution is 0.0993. The van der Waals surface area contributed by atoms with E-state index in [0.717, 1.165) is 0 Å². The van der Waals surface area contributed by atoms with E-state index in [2.05, 4.69) is 10.4 Å². The molecule has 1 aromatic rings. The number of aromatic nitrogens is 2. The van der Waals surface area contributed by atoms with Crippen LogP contribution in [0.4, 0.5) is 5.82 Å². The first-order chi connectivity index (χ1) is 6.20. The standard InChI is InChI=1S/C7H9N5O/c8-6-5(7(9)13)12-4(11-6)2-1-3-10-12/h1-2,10H,3,8H2,(H2,9,13). The van der Waals surface area contributed by atoms with Crippen molar-refractivity contribution >= 4 is 17.8 Å². The normalized spacial score (nSPS) is 13.5. The number of primary amides is 1. The molecule has 1 amide bonds. The minimum absolute atomic E-state index is 0.154. The van der Waals surface area contributed by atoms with E-state index in [4.69, 9.17) is 11.5 Å². The number of rotatable bonds is 1. The largest absolute Gasteiger partial charge is 0.382 e. The first-order valence-corrected chi connectivity index (χ1v) is 3.78. The van der Waals surface area contributed by atoms with Crippen molar-refractivity contribution in [2.45, 2.75) is 0 Å². The van der Waals surface area contributed by atoms with Crippen LogP contribution in [0.5, 0.6) is 0 Å². The van der Waals surface area contributed by atoms with Gasteiger partial charge < -0.3 is 16.9 Å². The van der Waals surface area contributed by atoms with Gasteiger partial charge in [-0.1, -0.05) is 6.08 Å². The molecule has 0 spiro atoms. The molecular weight excluding hydrogens is 170 g/mol. The summed E-state index contributed by atoms with van der Waals surface area (Å²) in [5.74, 6) is 0.165. The zero-order chi connectivity index (χ0) is 9.42. The molecule has 1 aromatic heterocycles. The Morgan fingerprint density at radius 2 is 2.46 bits per heavy atom. The number of hydrogen-bond donors (Lipinski definition) is 3. The van der Waals surface area contributed by atoms with Crippen LogP contribution < -0.4 is 16.9 Å². The third-order valence-electron chi connectivity index (χ3n) is 1.80. The van der Waals surface area contributed by atoms with E-state index < -0.39 is 5.91 Å². The molecule has 6 nitrogen and oxygen atoms in total. The smallest absolute Gasteiger partial charge is 0.271 e. The van der Waals surface area contributed by atoms with Crippen LogP contribution in [0.3, 0.4) is 0 Å². The van der Waals surface area contributed by atoms with Gasteiger partial charge in [-0.05, 0) is 6.08 Å². The predicted molar refractivity (Wildman–Crippen MR) is 48.4 cm³/mol. The number of nitrogens with zero attached hydrogens (tertiary/aromatic N) is 2. The average Bonchev–Trinajstić information content (AvgIpc) is 2.39. The highest BCUT2D eigenvalue weighted by Gasteiger charge is 2.18. The van der Waals surface area contributed by atoms with Gasteiger partial charge in [-0.15, -0.1) is 0 Å². The highest BCUT2D eigenvalue weighted by molar-refractivity contribution is 5.96. The second-order valence-corrected chi connectivity index (χ2v) is 2.67. The summed E-state index contributed by atoms with van der Waals surface area (Å²) in [5.41, 5.74) is 13.8. The van der Waals surface area contributed by atoms with Gasteiger partial charge in [0.15, 0.2) is 17.3 Å². The molecule has 1 aliphatic heterocycles. The predicted octanol–water partition coefficient (Wildman–Crippen LogP) is -0.866. The molecule has 0 saturated heterocycles. The van der Waals surface area contributed by atoms with Crippen molar-refractivity contribution in [1.29, 1.82) is 0 Å². The minimum atomic E-state index is -0.584. The molecule has 0 radical (unpaired) electrons. The van der Waals surface area contributed by atoms with Gasteiger partial charge in [0.1, 0.15) is 0 Å². The quantitative estimate of drug-likeness (QED) is 0.522. The molecule has 5 N–H and O–H groups in total. The van der Waals surface area contributed by atoms with Gasteiger partial charge in [-0.25, -0.2) is 9.66 Å². The average molecular weight is 179 g/mol. The molecule has 13 heavy (non-hydrogen) atoms. The Hall–Kier alpha value is -1.98. The third-order valence-corrected chi connectivity index (χ3v) is 1.80. The maximum Gasteiger partial charge on any atom is 0.271 e. The van der Waals surface area contributed by atoms with E-state index >= 15 is 0 Å². The summed E-state index contributed by atoms with van der Waals surface area (Å²) in [6.07, 6.45) is 3.66. The van der Waals surface area contributed by atoms with E-state index in [1.54, 1.807) is 6.08 Å². The number of amides is 1. The Labute approximate surface area is 74.2 Å². The highest BCUT2D eigenvalue weighted by Crippen LogP contribution is 2.14. The number of nitrogen functional groups attached to an aromatic ring is 1. The van der Waals surface area contributed by atoms with Gasteiger partial charge in [-0.2, -0.15) is 0 Å². The SMILES string of the molecule is NC(=O)c1c(N)nc2n1NCC=C2. The number of nitrogens with two attached hydrogens (primary N) is 2. The first kappa shape index (κ1) is 7.66. The zero-order valence-electron chi connectivity index (χ0n) is 6.82. The van der Waals surface area contributed by atoms with E-state index in [-0.39, 0.29) is 11.5 Å². The van der Waals surface area contributed by atoms with Crippen molar-refractivity contribution in [1.82, 2.24) is 9.66 Å². The highest BCUT2D eigenvalue weighted by atomic mass is 16.1. The second-order valence-electron chi connectivity index (χ2n) is 2.67. The third kappa shape index (κ3) is 1.03. The van der Waals surface area contributed by atoms with Gasteiger partial charge in [-0.3, -0.25) is 4.79 Å². The van der Waals surface area contributed by atoms with Gasteiger partial charge >= 0.3 is 0 Å². The van der Waals surface area contributed by atoms with Crippen molar-refractivity contribution in [3.63, 3.8) is 0 Å². The molecule has 0 aromatic carbocycles. The maximum atomic E-state index is 11.0. The van der Waals surface area contributed by atoms with Crippen LogP contribution in [0.25, 0.3) is 6.08 Å². The fraction of sp³-hybridized carbons (Fsp3) is 0.143. The molecule has 0 atom stereocenters. The molecular formula is C7H9N5O. The summed E-state index contributed by atoms with van der Waals surface area (Å²) in [6, 6.07) is 0. The molecule has 0 aliphatic carbocycles. The van der Waals surface area contributed by atoms with E-state index in [0.29, 0.717) is 12.4 Å². The lowest BCUT2D eigenvalue weighted by Gasteiger charge is -2.12. The van der Waals surface area contributed by atoms with E-state index in [1.807, 2.05) is 6.08 Å². The lowest BCUT2D eigenvalue weighted by Crippen LogP contribution is -2.27. The molecule has 0 bridgehead atoms. The van der Waals surface area contributed by atoms with Crippen LogP contribution in [-0.4, -0.2) is 22.1 Å². The van der Waals surface area contributed by atoms with Crippen LogP contribution in [-0.2, 0) is 0 Å². The molecule has 6 heteroatoms. The molecule has 0 saturated carbocycles. The monoisotopic (exact) mass is 179 g/mol. The van der Waals surface area contributed by atoms with Crippen molar-refractivity contribution in [2.75, 3.05) is 17.7 Å². The van der Waals surface area contributed by atoms with Crippen LogP contribution in [0.2, 0.25) is 0 Å².